The monoisotopic (exact) mass is 476 g/mol. The van der Waals surface area contributed by atoms with Crippen LogP contribution in [-0.2, 0) is 14.3 Å². The molecule has 0 spiro atoms. The first kappa shape index (κ1) is 22.6. The molecule has 1 aromatic heterocycles. The highest BCUT2D eigenvalue weighted by atomic mass is 35.5. The number of allylic oxidation sites excluding steroid dienone is 1. The quantitative estimate of drug-likeness (QED) is 0.610. The van der Waals surface area contributed by atoms with Crippen molar-refractivity contribution in [2.75, 3.05) is 39.4 Å². The van der Waals surface area contributed by atoms with E-state index >= 15 is 0 Å². The molecule has 0 aliphatic carbocycles. The van der Waals surface area contributed by atoms with E-state index in [-0.39, 0.29) is 5.57 Å². The second-order valence-corrected chi connectivity index (χ2v) is 8.32. The number of hydrogen-bond donors (Lipinski definition) is 1. The Hall–Kier alpha value is -2.58. The molecule has 168 valence electrons. The molecule has 1 aromatic carbocycles. The Morgan fingerprint density at radius 2 is 1.94 bits per heavy atom. The van der Waals surface area contributed by atoms with Crippen LogP contribution in [0.3, 0.4) is 0 Å². The summed E-state index contributed by atoms with van der Waals surface area (Å²) in [5.74, 6) is -1.16. The van der Waals surface area contributed by atoms with Crippen LogP contribution in [0.1, 0.15) is 17.4 Å². The van der Waals surface area contributed by atoms with Gasteiger partial charge in [0.25, 0.3) is 5.91 Å². The molecule has 1 saturated heterocycles. The van der Waals surface area contributed by atoms with Crippen molar-refractivity contribution in [3.63, 3.8) is 0 Å². The van der Waals surface area contributed by atoms with Gasteiger partial charge in [0, 0.05) is 26.2 Å². The molecular formula is C23H22Cl2N2O5. The van der Waals surface area contributed by atoms with Gasteiger partial charge in [-0.05, 0) is 42.0 Å². The van der Waals surface area contributed by atoms with Crippen LogP contribution in [0.2, 0.25) is 10.0 Å². The van der Waals surface area contributed by atoms with Gasteiger partial charge >= 0.3 is 0 Å². The van der Waals surface area contributed by atoms with Crippen molar-refractivity contribution in [2.24, 2.45) is 0 Å². The summed E-state index contributed by atoms with van der Waals surface area (Å²) in [5.41, 5.74) is 0.590. The average Bonchev–Trinajstić information content (AvgIpc) is 3.40. The minimum Gasteiger partial charge on any atom is -0.503 e. The number of aliphatic hydroxyl groups excluding tert-OH is 1. The van der Waals surface area contributed by atoms with E-state index in [1.165, 1.54) is 23.3 Å². The van der Waals surface area contributed by atoms with Crippen LogP contribution in [0, 0.1) is 0 Å². The number of morpholine rings is 1. The van der Waals surface area contributed by atoms with E-state index < -0.39 is 23.5 Å². The molecule has 32 heavy (non-hydrogen) atoms. The number of carbonyl (C=O) groups excluding carboxylic acids is 2. The van der Waals surface area contributed by atoms with Crippen molar-refractivity contribution in [1.29, 1.82) is 0 Å². The smallest absolute Gasteiger partial charge is 0.290 e. The Balaban J connectivity index is 1.64. The van der Waals surface area contributed by atoms with Crippen molar-refractivity contribution in [1.82, 2.24) is 9.80 Å². The number of ether oxygens (including phenoxy) is 1. The number of benzene rings is 1. The molecule has 0 saturated carbocycles. The molecule has 0 radical (unpaired) electrons. The summed E-state index contributed by atoms with van der Waals surface area (Å²) in [7, 11) is 0. The third kappa shape index (κ3) is 4.76. The number of aliphatic hydroxyl groups is 1. The summed E-state index contributed by atoms with van der Waals surface area (Å²) >= 11 is 12.3. The van der Waals surface area contributed by atoms with Gasteiger partial charge in [0.15, 0.2) is 11.5 Å². The zero-order valence-corrected chi connectivity index (χ0v) is 18.7. The number of rotatable bonds is 7. The van der Waals surface area contributed by atoms with Crippen LogP contribution in [0.15, 0.2) is 58.4 Å². The van der Waals surface area contributed by atoms with Gasteiger partial charge < -0.3 is 19.2 Å². The fourth-order valence-corrected chi connectivity index (χ4v) is 4.18. The number of hydrogen-bond acceptors (Lipinski definition) is 6. The standard InChI is InChI=1S/C23H22Cl2N2O5/c24-17-5-3-15(14-18(17)25)21-20(19(28)6-4-16-2-1-11-32-16)22(29)23(30)27(21)8-7-26-9-12-31-13-10-26/h1-6,11,14,21,29H,7-10,12-13H2/b6-4+. The van der Waals surface area contributed by atoms with Crippen LogP contribution < -0.4 is 0 Å². The van der Waals surface area contributed by atoms with Crippen molar-refractivity contribution in [2.45, 2.75) is 6.04 Å². The zero-order valence-electron chi connectivity index (χ0n) is 17.2. The summed E-state index contributed by atoms with van der Waals surface area (Å²) < 4.78 is 10.6. The van der Waals surface area contributed by atoms with E-state index in [0.717, 1.165) is 13.1 Å². The van der Waals surface area contributed by atoms with E-state index in [2.05, 4.69) is 4.90 Å². The van der Waals surface area contributed by atoms with E-state index in [9.17, 15) is 14.7 Å². The van der Waals surface area contributed by atoms with Crippen LogP contribution in [-0.4, -0.2) is 66.0 Å². The highest BCUT2D eigenvalue weighted by molar-refractivity contribution is 6.42. The van der Waals surface area contributed by atoms with E-state index in [4.69, 9.17) is 32.4 Å². The van der Waals surface area contributed by atoms with Gasteiger partial charge in [0.2, 0.25) is 0 Å². The Bertz CT molecular complexity index is 1060. The molecule has 4 rings (SSSR count). The third-order valence-electron chi connectivity index (χ3n) is 5.53. The second kappa shape index (κ2) is 9.92. The van der Waals surface area contributed by atoms with Gasteiger partial charge in [0.1, 0.15) is 5.76 Å². The highest BCUT2D eigenvalue weighted by Crippen LogP contribution is 2.39. The van der Waals surface area contributed by atoms with E-state index in [1.807, 2.05) is 0 Å². The van der Waals surface area contributed by atoms with Gasteiger partial charge in [0.05, 0.1) is 41.1 Å². The van der Waals surface area contributed by atoms with Crippen molar-refractivity contribution < 1.29 is 23.8 Å². The summed E-state index contributed by atoms with van der Waals surface area (Å²) in [6, 6.07) is 7.54. The molecular weight excluding hydrogens is 455 g/mol. The number of carbonyl (C=O) groups is 2. The van der Waals surface area contributed by atoms with Crippen LogP contribution in [0.5, 0.6) is 0 Å². The summed E-state index contributed by atoms with van der Waals surface area (Å²) in [5, 5.41) is 11.3. The zero-order chi connectivity index (χ0) is 22.7. The van der Waals surface area contributed by atoms with Crippen molar-refractivity contribution in [3.05, 3.63) is 75.4 Å². The second-order valence-electron chi connectivity index (χ2n) is 7.50. The largest absolute Gasteiger partial charge is 0.503 e. The number of amides is 1. The molecule has 3 heterocycles. The average molecular weight is 477 g/mol. The lowest BCUT2D eigenvalue weighted by atomic mass is 9.95. The SMILES string of the molecule is O=C(/C=C/c1ccco1)C1=C(O)C(=O)N(CCN2CCOCC2)C1c1ccc(Cl)c(Cl)c1. The molecule has 2 aromatic rings. The number of ketones is 1. The summed E-state index contributed by atoms with van der Waals surface area (Å²) in [4.78, 5) is 29.7. The molecule has 1 unspecified atom stereocenters. The first-order valence-electron chi connectivity index (χ1n) is 10.2. The molecule has 1 fully saturated rings. The predicted molar refractivity (Wildman–Crippen MR) is 121 cm³/mol. The van der Waals surface area contributed by atoms with Gasteiger partial charge in [-0.25, -0.2) is 0 Å². The van der Waals surface area contributed by atoms with Crippen LogP contribution in [0.25, 0.3) is 6.08 Å². The molecule has 1 atom stereocenters. The van der Waals surface area contributed by atoms with Gasteiger partial charge in [-0.1, -0.05) is 29.3 Å². The van der Waals surface area contributed by atoms with Crippen molar-refractivity contribution >= 4 is 41.0 Å². The predicted octanol–water partition coefficient (Wildman–Crippen LogP) is 3.90. The number of furan rings is 1. The van der Waals surface area contributed by atoms with Crippen LogP contribution in [0.4, 0.5) is 0 Å². The maximum Gasteiger partial charge on any atom is 0.290 e. The molecule has 0 bridgehead atoms. The van der Waals surface area contributed by atoms with E-state index in [1.54, 1.807) is 30.3 Å². The summed E-state index contributed by atoms with van der Waals surface area (Å²) in [6.07, 6.45) is 4.27. The normalized spacial score (nSPS) is 20.0. The first-order valence-corrected chi connectivity index (χ1v) is 11.0. The molecule has 2 aliphatic heterocycles. The number of halogens is 2. The first-order chi connectivity index (χ1) is 15.5. The third-order valence-corrected chi connectivity index (χ3v) is 6.27. The van der Waals surface area contributed by atoms with E-state index in [0.29, 0.717) is 47.7 Å². The fraction of sp³-hybridized carbons (Fsp3) is 0.304. The summed E-state index contributed by atoms with van der Waals surface area (Å²) in [6.45, 7) is 3.70. The maximum atomic E-state index is 13.1. The Morgan fingerprint density at radius 1 is 1.16 bits per heavy atom. The minimum atomic E-state index is -0.785. The highest BCUT2D eigenvalue weighted by Gasteiger charge is 2.43. The molecule has 7 nitrogen and oxygen atoms in total. The Morgan fingerprint density at radius 3 is 2.62 bits per heavy atom. The molecule has 1 N–H and O–H groups in total. The lowest BCUT2D eigenvalue weighted by molar-refractivity contribution is -0.129. The Labute approximate surface area is 195 Å². The maximum absolute atomic E-state index is 13.1. The molecule has 1 amide bonds. The van der Waals surface area contributed by atoms with Crippen LogP contribution >= 0.6 is 23.2 Å². The number of nitrogens with zero attached hydrogens (tertiary/aromatic N) is 2. The van der Waals surface area contributed by atoms with Gasteiger partial charge in [-0.2, -0.15) is 0 Å². The molecule has 9 heteroatoms. The Kier molecular flexibility index (Phi) is 7.01. The molecule has 2 aliphatic rings. The topological polar surface area (TPSA) is 83.2 Å². The van der Waals surface area contributed by atoms with Crippen molar-refractivity contribution in [3.8, 4) is 0 Å². The fourth-order valence-electron chi connectivity index (χ4n) is 3.87. The van der Waals surface area contributed by atoms with Gasteiger partial charge in [-0.3, -0.25) is 14.5 Å². The lowest BCUT2D eigenvalue weighted by Gasteiger charge is -2.31. The minimum absolute atomic E-state index is 0.00169. The lowest BCUT2D eigenvalue weighted by Crippen LogP contribution is -2.43. The van der Waals surface area contributed by atoms with Gasteiger partial charge in [-0.15, -0.1) is 0 Å².